The summed E-state index contributed by atoms with van der Waals surface area (Å²) >= 11 is 1.49. The van der Waals surface area contributed by atoms with Crippen molar-refractivity contribution < 1.29 is 14.3 Å². The standard InChI is InChI=1S/C18H21NO3S/c1-4-22-17-10-5-14(11-13(17)2)19-18(20)12-23-16-8-6-15(21-3)7-9-16/h5-11H,4,12H2,1-3H3,(H,19,20). The highest BCUT2D eigenvalue weighted by molar-refractivity contribution is 8.00. The molecule has 4 nitrogen and oxygen atoms in total. The Morgan fingerprint density at radius 3 is 2.52 bits per heavy atom. The van der Waals surface area contributed by atoms with Crippen LogP contribution in [0.3, 0.4) is 0 Å². The predicted octanol–water partition coefficient (Wildman–Crippen LogP) is 4.13. The van der Waals surface area contributed by atoms with Crippen LogP contribution in [0.15, 0.2) is 47.4 Å². The predicted molar refractivity (Wildman–Crippen MR) is 94.7 cm³/mol. The Bertz CT molecular complexity index is 656. The van der Waals surface area contributed by atoms with Crippen LogP contribution in [0.4, 0.5) is 5.69 Å². The molecule has 2 rings (SSSR count). The summed E-state index contributed by atoms with van der Waals surface area (Å²) in [6.45, 7) is 4.54. The van der Waals surface area contributed by atoms with Crippen molar-refractivity contribution in [3.8, 4) is 11.5 Å². The van der Waals surface area contributed by atoms with Gasteiger partial charge in [-0.2, -0.15) is 0 Å². The van der Waals surface area contributed by atoms with Crippen LogP contribution >= 0.6 is 11.8 Å². The van der Waals surface area contributed by atoms with E-state index in [1.165, 1.54) is 11.8 Å². The summed E-state index contributed by atoms with van der Waals surface area (Å²) in [5.41, 5.74) is 1.79. The molecule has 2 aromatic carbocycles. The first kappa shape index (κ1) is 17.2. The number of nitrogens with one attached hydrogen (secondary N) is 1. The van der Waals surface area contributed by atoms with Crippen LogP contribution < -0.4 is 14.8 Å². The smallest absolute Gasteiger partial charge is 0.234 e. The molecule has 5 heteroatoms. The lowest BCUT2D eigenvalue weighted by atomic mass is 10.2. The SMILES string of the molecule is CCOc1ccc(NC(=O)CSc2ccc(OC)cc2)cc1C. The van der Waals surface area contributed by atoms with E-state index in [4.69, 9.17) is 9.47 Å². The fourth-order valence-corrected chi connectivity index (χ4v) is 2.76. The number of benzene rings is 2. The van der Waals surface area contributed by atoms with Gasteiger partial charge < -0.3 is 14.8 Å². The average Bonchev–Trinajstić information content (AvgIpc) is 2.56. The van der Waals surface area contributed by atoms with Crippen molar-refractivity contribution in [2.45, 2.75) is 18.7 Å². The zero-order valence-electron chi connectivity index (χ0n) is 13.6. The van der Waals surface area contributed by atoms with E-state index >= 15 is 0 Å². The van der Waals surface area contributed by atoms with Gasteiger partial charge in [-0.15, -0.1) is 11.8 Å². The first-order valence-electron chi connectivity index (χ1n) is 7.42. The van der Waals surface area contributed by atoms with Gasteiger partial charge in [-0.1, -0.05) is 0 Å². The number of carbonyl (C=O) groups is 1. The topological polar surface area (TPSA) is 47.6 Å². The third-order valence-electron chi connectivity index (χ3n) is 3.19. The molecule has 1 N–H and O–H groups in total. The van der Waals surface area contributed by atoms with E-state index < -0.39 is 0 Å². The number of hydrogen-bond acceptors (Lipinski definition) is 4. The summed E-state index contributed by atoms with van der Waals surface area (Å²) in [4.78, 5) is 13.1. The molecule has 0 saturated carbocycles. The number of methoxy groups -OCH3 is 1. The molecule has 0 unspecified atom stereocenters. The molecule has 0 bridgehead atoms. The average molecular weight is 331 g/mol. The normalized spacial score (nSPS) is 10.2. The van der Waals surface area contributed by atoms with Gasteiger partial charge in [-0.25, -0.2) is 0 Å². The van der Waals surface area contributed by atoms with E-state index in [1.807, 2.05) is 56.3 Å². The molecular weight excluding hydrogens is 310 g/mol. The van der Waals surface area contributed by atoms with Gasteiger partial charge in [0.05, 0.1) is 19.5 Å². The van der Waals surface area contributed by atoms with Crippen LogP contribution in [0.2, 0.25) is 0 Å². The minimum Gasteiger partial charge on any atom is -0.497 e. The Labute approximate surface area is 141 Å². The largest absolute Gasteiger partial charge is 0.497 e. The molecule has 23 heavy (non-hydrogen) atoms. The second kappa shape index (κ2) is 8.48. The summed E-state index contributed by atoms with van der Waals surface area (Å²) in [6.07, 6.45) is 0. The molecular formula is C18H21NO3S. The summed E-state index contributed by atoms with van der Waals surface area (Å²) < 4.78 is 10.6. The van der Waals surface area contributed by atoms with E-state index in [0.717, 1.165) is 27.6 Å². The van der Waals surface area contributed by atoms with E-state index in [-0.39, 0.29) is 5.91 Å². The third-order valence-corrected chi connectivity index (χ3v) is 4.20. The molecule has 0 saturated heterocycles. The highest BCUT2D eigenvalue weighted by atomic mass is 32.2. The summed E-state index contributed by atoms with van der Waals surface area (Å²) in [5.74, 6) is 1.98. The number of anilines is 1. The molecule has 0 radical (unpaired) electrons. The molecule has 0 heterocycles. The lowest BCUT2D eigenvalue weighted by Gasteiger charge is -2.10. The molecule has 0 atom stereocenters. The minimum absolute atomic E-state index is 0.0330. The van der Waals surface area contributed by atoms with Crippen LogP contribution in [0.5, 0.6) is 11.5 Å². The van der Waals surface area contributed by atoms with E-state index in [9.17, 15) is 4.79 Å². The highest BCUT2D eigenvalue weighted by Gasteiger charge is 2.06. The Balaban J connectivity index is 1.87. The quantitative estimate of drug-likeness (QED) is 0.775. The van der Waals surface area contributed by atoms with E-state index in [1.54, 1.807) is 7.11 Å². The zero-order valence-corrected chi connectivity index (χ0v) is 14.4. The fraction of sp³-hybridized carbons (Fsp3) is 0.278. The van der Waals surface area contributed by atoms with Crippen molar-refractivity contribution in [3.63, 3.8) is 0 Å². The van der Waals surface area contributed by atoms with Crippen LogP contribution in [-0.2, 0) is 4.79 Å². The molecule has 122 valence electrons. The number of hydrogen-bond donors (Lipinski definition) is 1. The number of rotatable bonds is 7. The van der Waals surface area contributed by atoms with Crippen molar-refractivity contribution in [2.24, 2.45) is 0 Å². The second-order valence-electron chi connectivity index (χ2n) is 4.93. The van der Waals surface area contributed by atoms with Crippen molar-refractivity contribution in [2.75, 3.05) is 24.8 Å². The number of ether oxygens (including phenoxy) is 2. The van der Waals surface area contributed by atoms with Gasteiger partial charge in [0, 0.05) is 10.6 Å². The van der Waals surface area contributed by atoms with E-state index in [0.29, 0.717) is 12.4 Å². The maximum Gasteiger partial charge on any atom is 0.234 e. The molecule has 0 aliphatic heterocycles. The Morgan fingerprint density at radius 1 is 1.17 bits per heavy atom. The molecule has 0 spiro atoms. The maximum atomic E-state index is 12.0. The minimum atomic E-state index is -0.0330. The Kier molecular flexibility index (Phi) is 6.35. The lowest BCUT2D eigenvalue weighted by molar-refractivity contribution is -0.113. The van der Waals surface area contributed by atoms with Gasteiger partial charge in [0.1, 0.15) is 11.5 Å². The number of amides is 1. The van der Waals surface area contributed by atoms with Gasteiger partial charge in [-0.3, -0.25) is 4.79 Å². The molecule has 0 aliphatic rings. The molecule has 0 aliphatic carbocycles. The van der Waals surface area contributed by atoms with E-state index in [2.05, 4.69) is 5.32 Å². The monoisotopic (exact) mass is 331 g/mol. The summed E-state index contributed by atoms with van der Waals surface area (Å²) in [6, 6.07) is 13.3. The van der Waals surface area contributed by atoms with Crippen LogP contribution in [-0.4, -0.2) is 25.4 Å². The highest BCUT2D eigenvalue weighted by Crippen LogP contribution is 2.23. The van der Waals surface area contributed by atoms with Gasteiger partial charge in [0.2, 0.25) is 5.91 Å². The molecule has 1 amide bonds. The fourth-order valence-electron chi connectivity index (χ4n) is 2.06. The summed E-state index contributed by atoms with van der Waals surface area (Å²) in [7, 11) is 1.63. The Morgan fingerprint density at radius 2 is 1.91 bits per heavy atom. The lowest BCUT2D eigenvalue weighted by Crippen LogP contribution is -2.14. The van der Waals surface area contributed by atoms with Gasteiger partial charge in [0.25, 0.3) is 0 Å². The van der Waals surface area contributed by atoms with Crippen molar-refractivity contribution >= 4 is 23.4 Å². The number of thioether (sulfide) groups is 1. The van der Waals surface area contributed by atoms with Crippen molar-refractivity contribution in [3.05, 3.63) is 48.0 Å². The van der Waals surface area contributed by atoms with Crippen molar-refractivity contribution in [1.82, 2.24) is 0 Å². The third kappa shape index (κ3) is 5.21. The maximum absolute atomic E-state index is 12.0. The van der Waals surface area contributed by atoms with Gasteiger partial charge >= 0.3 is 0 Å². The zero-order chi connectivity index (χ0) is 16.7. The van der Waals surface area contributed by atoms with Crippen LogP contribution in [0, 0.1) is 6.92 Å². The number of aryl methyl sites for hydroxylation is 1. The molecule has 0 aromatic heterocycles. The first-order chi connectivity index (χ1) is 11.1. The second-order valence-corrected chi connectivity index (χ2v) is 5.97. The molecule has 0 fully saturated rings. The Hall–Kier alpha value is -2.14. The summed E-state index contributed by atoms with van der Waals surface area (Å²) in [5, 5.41) is 2.90. The van der Waals surface area contributed by atoms with Gasteiger partial charge in [0.15, 0.2) is 0 Å². The number of carbonyl (C=O) groups excluding carboxylic acids is 1. The van der Waals surface area contributed by atoms with Crippen molar-refractivity contribution in [1.29, 1.82) is 0 Å². The van der Waals surface area contributed by atoms with Crippen LogP contribution in [0.25, 0.3) is 0 Å². The molecule has 2 aromatic rings. The van der Waals surface area contributed by atoms with Crippen LogP contribution in [0.1, 0.15) is 12.5 Å². The first-order valence-corrected chi connectivity index (χ1v) is 8.41. The van der Waals surface area contributed by atoms with Gasteiger partial charge in [-0.05, 0) is 61.9 Å².